The Balaban J connectivity index is 1.96. The molecule has 1 aliphatic heterocycles. The average molecular weight is 342 g/mol. The molecular weight excluding hydrogens is 316 g/mol. The summed E-state index contributed by atoms with van der Waals surface area (Å²) in [7, 11) is 0. The summed E-state index contributed by atoms with van der Waals surface area (Å²) in [6, 6.07) is 5.60. The number of imidazole rings is 1. The number of carbonyl (C=O) groups is 2. The molecule has 25 heavy (non-hydrogen) atoms. The normalized spacial score (nSPS) is 19.0. The second kappa shape index (κ2) is 7.25. The van der Waals surface area contributed by atoms with Crippen LogP contribution in [0.2, 0.25) is 0 Å². The molecule has 3 rings (SSSR count). The minimum Gasteiger partial charge on any atom is -0.347 e. The van der Waals surface area contributed by atoms with Crippen LogP contribution >= 0.6 is 0 Å². The molecule has 0 spiro atoms. The summed E-state index contributed by atoms with van der Waals surface area (Å²) in [6.45, 7) is 7.63. The van der Waals surface area contributed by atoms with E-state index >= 15 is 0 Å². The van der Waals surface area contributed by atoms with Crippen LogP contribution in [0.25, 0.3) is 5.52 Å². The fraction of sp³-hybridized carbons (Fsp3) is 0.526. The van der Waals surface area contributed by atoms with Crippen molar-refractivity contribution in [1.82, 2.24) is 19.6 Å². The Hall–Kier alpha value is -2.37. The monoisotopic (exact) mass is 342 g/mol. The van der Waals surface area contributed by atoms with E-state index in [1.807, 2.05) is 36.9 Å². The van der Waals surface area contributed by atoms with Gasteiger partial charge in [0.25, 0.3) is 11.8 Å². The van der Waals surface area contributed by atoms with E-state index in [9.17, 15) is 9.59 Å². The van der Waals surface area contributed by atoms with Crippen molar-refractivity contribution in [3.8, 4) is 0 Å². The predicted molar refractivity (Wildman–Crippen MR) is 96.7 cm³/mol. The van der Waals surface area contributed by atoms with E-state index < -0.39 is 0 Å². The predicted octanol–water partition coefficient (Wildman–Crippen LogP) is 2.73. The van der Waals surface area contributed by atoms with Crippen LogP contribution in [0.5, 0.6) is 0 Å². The average Bonchev–Trinajstić information content (AvgIpc) is 3.00. The largest absolute Gasteiger partial charge is 0.347 e. The van der Waals surface area contributed by atoms with Gasteiger partial charge in [0.05, 0.1) is 5.52 Å². The van der Waals surface area contributed by atoms with Crippen LogP contribution in [0.4, 0.5) is 0 Å². The summed E-state index contributed by atoms with van der Waals surface area (Å²) in [5.41, 5.74) is 1.05. The lowest BCUT2D eigenvalue weighted by molar-refractivity contribution is 0.0679. The Labute approximate surface area is 148 Å². The number of fused-ring (bicyclic) bond motifs is 1. The molecule has 2 unspecified atom stereocenters. The molecule has 2 amide bonds. The first-order chi connectivity index (χ1) is 12.0. The number of nitrogens with zero attached hydrogens (tertiary/aromatic N) is 3. The van der Waals surface area contributed by atoms with Crippen molar-refractivity contribution in [3.05, 3.63) is 35.9 Å². The number of rotatable bonds is 4. The van der Waals surface area contributed by atoms with Crippen molar-refractivity contribution in [2.75, 3.05) is 13.1 Å². The van der Waals surface area contributed by atoms with Gasteiger partial charge in [0.1, 0.15) is 0 Å². The summed E-state index contributed by atoms with van der Waals surface area (Å²) < 4.78 is 1.71. The van der Waals surface area contributed by atoms with Crippen molar-refractivity contribution >= 4 is 17.3 Å². The molecule has 134 valence electrons. The Morgan fingerprint density at radius 2 is 2.20 bits per heavy atom. The second-order valence-corrected chi connectivity index (χ2v) is 7.02. The van der Waals surface area contributed by atoms with E-state index in [1.165, 1.54) is 0 Å². The molecule has 0 bridgehead atoms. The van der Waals surface area contributed by atoms with Gasteiger partial charge in [0.2, 0.25) is 5.82 Å². The smallest absolute Gasteiger partial charge is 0.287 e. The molecule has 0 radical (unpaired) electrons. The lowest BCUT2D eigenvalue weighted by Gasteiger charge is -2.30. The highest BCUT2D eigenvalue weighted by Gasteiger charge is 2.27. The quantitative estimate of drug-likeness (QED) is 0.929. The maximum absolute atomic E-state index is 13.0. The van der Waals surface area contributed by atoms with Gasteiger partial charge in [-0.25, -0.2) is 4.98 Å². The van der Waals surface area contributed by atoms with Gasteiger partial charge in [-0.1, -0.05) is 19.9 Å². The van der Waals surface area contributed by atoms with Crippen LogP contribution in [0.3, 0.4) is 0 Å². The Morgan fingerprint density at radius 3 is 2.92 bits per heavy atom. The van der Waals surface area contributed by atoms with E-state index in [4.69, 9.17) is 0 Å². The summed E-state index contributed by atoms with van der Waals surface area (Å²) in [6.07, 6.45) is 4.78. The zero-order valence-corrected chi connectivity index (χ0v) is 15.2. The van der Waals surface area contributed by atoms with Crippen LogP contribution in [-0.2, 0) is 0 Å². The van der Waals surface area contributed by atoms with Gasteiger partial charge < -0.3 is 10.2 Å². The number of amides is 2. The second-order valence-electron chi connectivity index (χ2n) is 7.02. The first-order valence-corrected chi connectivity index (χ1v) is 9.08. The minimum atomic E-state index is -0.249. The van der Waals surface area contributed by atoms with Crippen LogP contribution in [0.15, 0.2) is 24.4 Å². The van der Waals surface area contributed by atoms with Crippen molar-refractivity contribution in [2.24, 2.45) is 5.92 Å². The number of piperidine rings is 1. The van der Waals surface area contributed by atoms with E-state index in [0.29, 0.717) is 17.1 Å². The zero-order chi connectivity index (χ0) is 18.0. The summed E-state index contributed by atoms with van der Waals surface area (Å²) >= 11 is 0. The van der Waals surface area contributed by atoms with Gasteiger partial charge in [-0.15, -0.1) is 0 Å². The third kappa shape index (κ3) is 3.52. The highest BCUT2D eigenvalue weighted by atomic mass is 16.2. The van der Waals surface area contributed by atoms with Gasteiger partial charge >= 0.3 is 0 Å². The van der Waals surface area contributed by atoms with Gasteiger partial charge in [-0.2, -0.15) is 0 Å². The van der Waals surface area contributed by atoms with Crippen LogP contribution in [-0.4, -0.2) is 45.2 Å². The molecule has 0 aliphatic carbocycles. The topological polar surface area (TPSA) is 66.7 Å². The summed E-state index contributed by atoms with van der Waals surface area (Å²) in [5.74, 6) is 0.434. The van der Waals surface area contributed by atoms with Crippen LogP contribution in [0.1, 0.15) is 61.1 Å². The molecule has 3 heterocycles. The van der Waals surface area contributed by atoms with Gasteiger partial charge in [0, 0.05) is 25.3 Å². The summed E-state index contributed by atoms with van der Waals surface area (Å²) in [5, 5.41) is 2.93. The molecule has 1 saturated heterocycles. The molecule has 2 aromatic heterocycles. The molecule has 1 fully saturated rings. The van der Waals surface area contributed by atoms with Crippen LogP contribution < -0.4 is 5.32 Å². The molecular formula is C19H26N4O2. The fourth-order valence-electron chi connectivity index (χ4n) is 3.27. The summed E-state index contributed by atoms with van der Waals surface area (Å²) in [4.78, 5) is 31.9. The van der Waals surface area contributed by atoms with Crippen molar-refractivity contribution in [3.63, 3.8) is 0 Å². The standard InChI is InChI=1S/C19H26N4O2/c1-4-14(3)20-18(24)17-21-16(15-9-5-6-11-23(15)17)19(25)22-10-7-8-13(2)12-22/h5-6,9,11,13-14H,4,7-8,10,12H2,1-3H3,(H,20,24). The highest BCUT2D eigenvalue weighted by molar-refractivity contribution is 6.02. The molecule has 6 heteroatoms. The number of hydrogen-bond donors (Lipinski definition) is 1. The maximum Gasteiger partial charge on any atom is 0.287 e. The first-order valence-electron chi connectivity index (χ1n) is 9.08. The number of nitrogens with one attached hydrogen (secondary N) is 1. The van der Waals surface area contributed by atoms with E-state index in [-0.39, 0.29) is 23.7 Å². The highest BCUT2D eigenvalue weighted by Crippen LogP contribution is 2.20. The number of pyridine rings is 1. The molecule has 0 aromatic carbocycles. The molecule has 2 atom stereocenters. The van der Waals surface area contributed by atoms with E-state index in [2.05, 4.69) is 17.2 Å². The van der Waals surface area contributed by atoms with Crippen molar-refractivity contribution in [1.29, 1.82) is 0 Å². The number of likely N-dealkylation sites (tertiary alicyclic amines) is 1. The number of hydrogen-bond acceptors (Lipinski definition) is 3. The van der Waals surface area contributed by atoms with Crippen molar-refractivity contribution < 1.29 is 9.59 Å². The minimum absolute atomic E-state index is 0.0608. The number of aromatic nitrogens is 2. The van der Waals surface area contributed by atoms with Gasteiger partial charge in [-0.3, -0.25) is 14.0 Å². The van der Waals surface area contributed by atoms with E-state index in [0.717, 1.165) is 32.4 Å². The fourth-order valence-corrected chi connectivity index (χ4v) is 3.27. The van der Waals surface area contributed by atoms with Gasteiger partial charge in [0.15, 0.2) is 5.69 Å². The Bertz CT molecular complexity index is 783. The van der Waals surface area contributed by atoms with Crippen LogP contribution in [0, 0.1) is 5.92 Å². The third-order valence-corrected chi connectivity index (χ3v) is 4.89. The first kappa shape index (κ1) is 17.5. The molecule has 6 nitrogen and oxygen atoms in total. The molecule has 0 saturated carbocycles. The van der Waals surface area contributed by atoms with E-state index in [1.54, 1.807) is 10.6 Å². The lowest BCUT2D eigenvalue weighted by Crippen LogP contribution is -2.39. The van der Waals surface area contributed by atoms with Crippen molar-refractivity contribution in [2.45, 2.75) is 46.1 Å². The zero-order valence-electron chi connectivity index (χ0n) is 15.2. The SMILES string of the molecule is CCC(C)NC(=O)c1nc(C(=O)N2CCCC(C)C2)c2ccccn12. The lowest BCUT2D eigenvalue weighted by atomic mass is 10.00. The maximum atomic E-state index is 13.0. The Kier molecular flexibility index (Phi) is 5.06. The number of carbonyl (C=O) groups excluding carboxylic acids is 2. The Morgan fingerprint density at radius 1 is 1.40 bits per heavy atom. The molecule has 1 aliphatic rings. The molecule has 1 N–H and O–H groups in total. The van der Waals surface area contributed by atoms with Gasteiger partial charge in [-0.05, 0) is 44.2 Å². The third-order valence-electron chi connectivity index (χ3n) is 4.89. The molecule has 2 aromatic rings.